The van der Waals surface area contributed by atoms with E-state index in [9.17, 15) is 28.0 Å². The summed E-state index contributed by atoms with van der Waals surface area (Å²) in [7, 11) is 0. The van der Waals surface area contributed by atoms with E-state index in [1.807, 2.05) is 6.07 Å². The Kier molecular flexibility index (Phi) is 6.96. The maximum Gasteiger partial charge on any atom is 0.328 e. The Labute approximate surface area is 217 Å². The standard InChI is InChI=1S/C28H28F2N4O4/c1-16-13-33(28(38)32-26(16)36)15-24(35)34-14-20(29)12-23(34)27(37)31-25(18-5-3-2-4-6-18)19-9-10-21(17-7-8-17)22(30)11-19/h2-6,9-11,13,17,20,23,25H,7-8,12,14-15H2,1H3,(H,31,37)(H,32,36,38)/t20-,23+,25+/m1/s1. The van der Waals surface area contributed by atoms with E-state index < -0.39 is 47.9 Å². The van der Waals surface area contributed by atoms with E-state index in [1.54, 1.807) is 36.4 Å². The van der Waals surface area contributed by atoms with Crippen molar-refractivity contribution in [2.24, 2.45) is 0 Å². The summed E-state index contributed by atoms with van der Waals surface area (Å²) in [6.07, 6.45) is 1.54. The SMILES string of the molecule is Cc1cn(CC(=O)N2C[C@H](F)C[C@H]2C(=O)N[C@@H](c2ccccc2)c2ccc(C3CC3)c(F)c2)c(=O)[nH]c1=O. The van der Waals surface area contributed by atoms with Gasteiger partial charge in [-0.2, -0.15) is 0 Å². The zero-order chi connectivity index (χ0) is 27.0. The number of aryl methyl sites for hydroxylation is 1. The van der Waals surface area contributed by atoms with Crippen LogP contribution in [0.1, 0.15) is 53.5 Å². The number of nitrogens with one attached hydrogen (secondary N) is 2. The third kappa shape index (κ3) is 5.29. The lowest BCUT2D eigenvalue weighted by Crippen LogP contribution is -2.48. The highest BCUT2D eigenvalue weighted by Gasteiger charge is 2.40. The Hall–Kier alpha value is -4.08. The molecule has 1 aliphatic carbocycles. The van der Waals surface area contributed by atoms with E-state index in [1.165, 1.54) is 19.2 Å². The topological polar surface area (TPSA) is 104 Å². The lowest BCUT2D eigenvalue weighted by atomic mass is 9.96. The average molecular weight is 523 g/mol. The molecule has 1 saturated heterocycles. The van der Waals surface area contributed by atoms with E-state index in [-0.39, 0.29) is 30.3 Å². The summed E-state index contributed by atoms with van der Waals surface area (Å²) in [5.74, 6) is -1.31. The highest BCUT2D eigenvalue weighted by Crippen LogP contribution is 2.42. The van der Waals surface area contributed by atoms with Gasteiger partial charge in [0.2, 0.25) is 11.8 Å². The van der Waals surface area contributed by atoms with Crippen LogP contribution in [0.25, 0.3) is 0 Å². The molecule has 5 rings (SSSR count). The number of aromatic nitrogens is 2. The van der Waals surface area contributed by atoms with Crippen LogP contribution in [-0.2, 0) is 16.1 Å². The third-order valence-corrected chi connectivity index (χ3v) is 7.16. The van der Waals surface area contributed by atoms with Crippen LogP contribution >= 0.6 is 0 Å². The van der Waals surface area contributed by atoms with Crippen LogP contribution in [0.3, 0.4) is 0 Å². The fourth-order valence-corrected chi connectivity index (χ4v) is 4.97. The number of hydrogen-bond acceptors (Lipinski definition) is 4. The van der Waals surface area contributed by atoms with Crippen molar-refractivity contribution in [3.05, 3.63) is 104 Å². The van der Waals surface area contributed by atoms with E-state index in [0.717, 1.165) is 22.3 Å². The fraction of sp³-hybridized carbons (Fsp3) is 0.357. The summed E-state index contributed by atoms with van der Waals surface area (Å²) in [5, 5.41) is 2.90. The van der Waals surface area contributed by atoms with Crippen LogP contribution in [0.4, 0.5) is 8.78 Å². The number of carbonyl (C=O) groups excluding carboxylic acids is 2. The molecule has 2 amide bonds. The third-order valence-electron chi connectivity index (χ3n) is 7.16. The van der Waals surface area contributed by atoms with Crippen LogP contribution in [0.5, 0.6) is 0 Å². The summed E-state index contributed by atoms with van der Waals surface area (Å²) < 4.78 is 30.4. The maximum absolute atomic E-state index is 14.9. The van der Waals surface area contributed by atoms with E-state index in [0.29, 0.717) is 16.7 Å². The summed E-state index contributed by atoms with van der Waals surface area (Å²) in [6.45, 7) is 0.740. The van der Waals surface area contributed by atoms with Gasteiger partial charge in [-0.3, -0.25) is 23.9 Å². The summed E-state index contributed by atoms with van der Waals surface area (Å²) >= 11 is 0. The van der Waals surface area contributed by atoms with Crippen molar-refractivity contribution in [2.75, 3.05) is 6.54 Å². The molecule has 10 heteroatoms. The first-order valence-electron chi connectivity index (χ1n) is 12.6. The molecule has 0 unspecified atom stereocenters. The monoisotopic (exact) mass is 522 g/mol. The van der Waals surface area contributed by atoms with E-state index >= 15 is 0 Å². The lowest BCUT2D eigenvalue weighted by molar-refractivity contribution is -0.139. The van der Waals surface area contributed by atoms with Crippen LogP contribution in [0.2, 0.25) is 0 Å². The highest BCUT2D eigenvalue weighted by molar-refractivity contribution is 5.89. The van der Waals surface area contributed by atoms with Gasteiger partial charge in [0, 0.05) is 18.2 Å². The largest absolute Gasteiger partial charge is 0.343 e. The molecule has 1 saturated carbocycles. The number of likely N-dealkylation sites (tertiary alicyclic amines) is 1. The zero-order valence-electron chi connectivity index (χ0n) is 20.8. The summed E-state index contributed by atoms with van der Waals surface area (Å²) in [4.78, 5) is 53.6. The van der Waals surface area contributed by atoms with Crippen molar-refractivity contribution < 1.29 is 18.4 Å². The number of hydrogen-bond donors (Lipinski definition) is 2. The molecule has 0 spiro atoms. The molecule has 3 atom stereocenters. The molecule has 198 valence electrons. The molecule has 2 aromatic carbocycles. The molecule has 1 aliphatic heterocycles. The molecule has 3 aromatic rings. The van der Waals surface area contributed by atoms with Gasteiger partial charge in [0.05, 0.1) is 12.6 Å². The predicted octanol–water partition coefficient (Wildman–Crippen LogP) is 2.71. The van der Waals surface area contributed by atoms with Gasteiger partial charge in [0.15, 0.2) is 0 Å². The molecule has 2 heterocycles. The summed E-state index contributed by atoms with van der Waals surface area (Å²) in [6, 6.07) is 12.2. The first-order chi connectivity index (χ1) is 18.2. The number of nitrogens with zero attached hydrogens (tertiary/aromatic N) is 2. The Morgan fingerprint density at radius 3 is 2.53 bits per heavy atom. The van der Waals surface area contributed by atoms with Crippen LogP contribution in [0, 0.1) is 12.7 Å². The Morgan fingerprint density at radius 2 is 1.84 bits per heavy atom. The van der Waals surface area contributed by atoms with Crippen LogP contribution in [-0.4, -0.2) is 45.0 Å². The number of carbonyl (C=O) groups is 2. The van der Waals surface area contributed by atoms with Crippen molar-refractivity contribution in [1.82, 2.24) is 19.8 Å². The smallest absolute Gasteiger partial charge is 0.328 e. The zero-order valence-corrected chi connectivity index (χ0v) is 20.8. The number of rotatable bonds is 7. The second-order valence-corrected chi connectivity index (χ2v) is 10.0. The first-order valence-corrected chi connectivity index (χ1v) is 12.6. The number of alkyl halides is 1. The molecule has 0 radical (unpaired) electrons. The van der Waals surface area contributed by atoms with Gasteiger partial charge < -0.3 is 10.2 Å². The number of halogens is 2. The Morgan fingerprint density at radius 1 is 1.11 bits per heavy atom. The molecular weight excluding hydrogens is 494 g/mol. The summed E-state index contributed by atoms with van der Waals surface area (Å²) in [5.41, 5.74) is 0.813. The number of aromatic amines is 1. The quantitative estimate of drug-likeness (QED) is 0.498. The molecule has 38 heavy (non-hydrogen) atoms. The molecule has 2 fully saturated rings. The fourth-order valence-electron chi connectivity index (χ4n) is 4.97. The van der Waals surface area contributed by atoms with Gasteiger partial charge >= 0.3 is 5.69 Å². The van der Waals surface area contributed by atoms with E-state index in [2.05, 4.69) is 10.3 Å². The number of benzene rings is 2. The van der Waals surface area contributed by atoms with Gasteiger partial charge in [0.1, 0.15) is 24.6 Å². The molecular formula is C28H28F2N4O4. The molecule has 2 N–H and O–H groups in total. The van der Waals surface area contributed by atoms with Crippen molar-refractivity contribution in [2.45, 2.75) is 56.9 Å². The van der Waals surface area contributed by atoms with Crippen molar-refractivity contribution >= 4 is 11.8 Å². The number of H-pyrrole nitrogens is 1. The normalized spacial score (nSPS) is 19.8. The Bertz CT molecular complexity index is 1480. The maximum atomic E-state index is 14.9. The van der Waals surface area contributed by atoms with Crippen molar-refractivity contribution in [3.8, 4) is 0 Å². The molecule has 2 aliphatic rings. The number of amides is 2. The highest BCUT2D eigenvalue weighted by atomic mass is 19.1. The minimum absolute atomic E-state index is 0.201. The molecule has 1 aromatic heterocycles. The van der Waals surface area contributed by atoms with Gasteiger partial charge in [-0.1, -0.05) is 42.5 Å². The van der Waals surface area contributed by atoms with Crippen LogP contribution < -0.4 is 16.6 Å². The first kappa shape index (κ1) is 25.6. The van der Waals surface area contributed by atoms with Gasteiger partial charge in [-0.05, 0) is 48.4 Å². The minimum Gasteiger partial charge on any atom is -0.343 e. The molecule has 0 bridgehead atoms. The van der Waals surface area contributed by atoms with Gasteiger partial charge in [-0.25, -0.2) is 13.6 Å². The molecule has 8 nitrogen and oxygen atoms in total. The minimum atomic E-state index is -1.42. The van der Waals surface area contributed by atoms with Crippen LogP contribution in [0.15, 0.2) is 64.3 Å². The van der Waals surface area contributed by atoms with E-state index in [4.69, 9.17) is 0 Å². The van der Waals surface area contributed by atoms with Crippen molar-refractivity contribution in [3.63, 3.8) is 0 Å². The second kappa shape index (κ2) is 10.4. The predicted molar refractivity (Wildman–Crippen MR) is 136 cm³/mol. The van der Waals surface area contributed by atoms with Gasteiger partial charge in [0.25, 0.3) is 5.56 Å². The Balaban J connectivity index is 1.39. The van der Waals surface area contributed by atoms with Gasteiger partial charge in [-0.15, -0.1) is 0 Å². The average Bonchev–Trinajstić information content (AvgIpc) is 3.66. The lowest BCUT2D eigenvalue weighted by Gasteiger charge is -2.27. The second-order valence-electron chi connectivity index (χ2n) is 10.0. The van der Waals surface area contributed by atoms with Crippen molar-refractivity contribution in [1.29, 1.82) is 0 Å².